The molecular formula is C36H29ClN2O4. The van der Waals surface area contributed by atoms with Crippen molar-refractivity contribution in [3.05, 3.63) is 137 Å². The Balaban J connectivity index is 1.46. The first-order chi connectivity index (χ1) is 21.0. The fourth-order valence-corrected chi connectivity index (χ4v) is 5.17. The lowest BCUT2D eigenvalue weighted by Gasteiger charge is -2.11. The molecule has 0 bridgehead atoms. The largest absolute Gasteiger partial charge is 0.464 e. The number of hydrogen-bond donors (Lipinski definition) is 1. The van der Waals surface area contributed by atoms with Gasteiger partial charge in [-0.1, -0.05) is 84.4 Å². The Hall–Kier alpha value is -5.07. The predicted octanol–water partition coefficient (Wildman–Crippen LogP) is 8.65. The van der Waals surface area contributed by atoms with Gasteiger partial charge < -0.3 is 13.6 Å². The Labute approximate surface area is 253 Å². The third-order valence-corrected chi connectivity index (χ3v) is 7.47. The van der Waals surface area contributed by atoms with Gasteiger partial charge in [0, 0.05) is 45.6 Å². The molecule has 2 heterocycles. The molecule has 0 saturated carbocycles. The highest BCUT2D eigenvalue weighted by Gasteiger charge is 2.17. The van der Waals surface area contributed by atoms with Crippen LogP contribution in [0.3, 0.4) is 0 Å². The highest BCUT2D eigenvalue weighted by Crippen LogP contribution is 2.36. The van der Waals surface area contributed by atoms with Gasteiger partial charge in [0.25, 0.3) is 0 Å². The Morgan fingerprint density at radius 1 is 0.837 bits per heavy atom. The summed E-state index contributed by atoms with van der Waals surface area (Å²) in [6.45, 7) is 3.88. The average molecular weight is 589 g/mol. The summed E-state index contributed by atoms with van der Waals surface area (Å²) in [5.74, 6) is -0.385. The molecular weight excluding hydrogens is 560 g/mol. The Morgan fingerprint density at radius 2 is 1.51 bits per heavy atom. The first-order valence-corrected chi connectivity index (χ1v) is 14.4. The fourth-order valence-electron chi connectivity index (χ4n) is 5.04. The number of nitrogens with zero attached hydrogens (tertiary/aromatic N) is 1. The molecule has 0 radical (unpaired) electrons. The van der Waals surface area contributed by atoms with Gasteiger partial charge in [0.2, 0.25) is 5.55 Å². The van der Waals surface area contributed by atoms with Crippen molar-refractivity contribution in [3.8, 4) is 22.3 Å². The first kappa shape index (κ1) is 28.1. The van der Waals surface area contributed by atoms with E-state index in [4.69, 9.17) is 25.2 Å². The molecule has 6 rings (SSSR count). The number of ether oxygens (including phenoxy) is 1. The SMILES string of the molecule is CCOC(=O)/C(Cc1ccccc1)=C(\C)N/N=c1/cc(-c2ccccc2)c2cc3c(-c4ccc(Cl)cc4)coc3cc2o1. The maximum atomic E-state index is 12.9. The molecule has 0 amide bonds. The number of esters is 1. The normalized spacial score (nSPS) is 12.4. The van der Waals surface area contributed by atoms with Crippen LogP contribution >= 0.6 is 11.6 Å². The lowest BCUT2D eigenvalue weighted by atomic mass is 9.98. The van der Waals surface area contributed by atoms with Gasteiger partial charge in [-0.2, -0.15) is 0 Å². The number of carbonyl (C=O) groups excluding carboxylic acids is 1. The molecule has 6 nitrogen and oxygen atoms in total. The summed E-state index contributed by atoms with van der Waals surface area (Å²) in [6.07, 6.45) is 2.16. The molecule has 4 aromatic carbocycles. The second-order valence-corrected chi connectivity index (χ2v) is 10.5. The zero-order chi connectivity index (χ0) is 29.8. The molecule has 0 atom stereocenters. The number of allylic oxidation sites excluding steroid dienone is 1. The van der Waals surface area contributed by atoms with E-state index in [1.54, 1.807) is 13.2 Å². The highest BCUT2D eigenvalue weighted by atomic mass is 35.5. The van der Waals surface area contributed by atoms with E-state index in [9.17, 15) is 4.79 Å². The number of fused-ring (bicyclic) bond motifs is 2. The highest BCUT2D eigenvalue weighted by molar-refractivity contribution is 6.30. The van der Waals surface area contributed by atoms with E-state index in [1.165, 1.54) is 0 Å². The molecule has 0 fully saturated rings. The molecule has 0 aliphatic heterocycles. The van der Waals surface area contributed by atoms with E-state index in [-0.39, 0.29) is 12.6 Å². The minimum Gasteiger partial charge on any atom is -0.464 e. The van der Waals surface area contributed by atoms with E-state index >= 15 is 0 Å². The van der Waals surface area contributed by atoms with E-state index < -0.39 is 0 Å². The van der Waals surface area contributed by atoms with Gasteiger partial charge in [-0.3, -0.25) is 5.43 Å². The average Bonchev–Trinajstić information content (AvgIpc) is 3.45. The number of nitrogens with one attached hydrogen (secondary N) is 1. The molecule has 2 aromatic heterocycles. The first-order valence-electron chi connectivity index (χ1n) is 14.0. The van der Waals surface area contributed by atoms with Gasteiger partial charge in [-0.05, 0) is 54.3 Å². The van der Waals surface area contributed by atoms with E-state index in [2.05, 4.69) is 28.7 Å². The van der Waals surface area contributed by atoms with Crippen LogP contribution in [0.15, 0.2) is 135 Å². The number of furan rings is 1. The summed E-state index contributed by atoms with van der Waals surface area (Å²) in [5.41, 5.74) is 10.7. The molecule has 1 N–H and O–H groups in total. The standard InChI is InChI=1S/C36H29ClN2O4/c1-3-41-36(40)28(18-24-10-6-4-7-11-24)23(2)38-39-35-20-29(25-12-8-5-9-13-25)30-19-31-32(26-14-16-27(37)17-15-26)22-42-33(31)21-34(30)43-35/h4-17,19-22,38H,3,18H2,1-2H3/b28-23+,39-35-. The molecule has 214 valence electrons. The topological polar surface area (TPSA) is 77.0 Å². The molecule has 0 aliphatic rings. The second-order valence-electron chi connectivity index (χ2n) is 10.1. The van der Waals surface area contributed by atoms with Crippen LogP contribution in [0.4, 0.5) is 0 Å². The molecule has 7 heteroatoms. The summed E-state index contributed by atoms with van der Waals surface area (Å²) < 4.78 is 17.6. The third kappa shape index (κ3) is 6.10. The lowest BCUT2D eigenvalue weighted by Crippen LogP contribution is -2.19. The van der Waals surface area contributed by atoms with Gasteiger partial charge in [0.1, 0.15) is 11.2 Å². The Kier molecular flexibility index (Phi) is 8.11. The predicted molar refractivity (Wildman–Crippen MR) is 170 cm³/mol. The molecule has 43 heavy (non-hydrogen) atoms. The molecule has 0 spiro atoms. The van der Waals surface area contributed by atoms with Crippen LogP contribution in [-0.2, 0) is 16.0 Å². The molecule has 0 saturated heterocycles. The van der Waals surface area contributed by atoms with Crippen LogP contribution in [0, 0.1) is 0 Å². The van der Waals surface area contributed by atoms with Crippen LogP contribution in [-0.4, -0.2) is 12.6 Å². The quantitative estimate of drug-likeness (QED) is 0.109. The van der Waals surface area contributed by atoms with Crippen molar-refractivity contribution in [1.29, 1.82) is 0 Å². The lowest BCUT2D eigenvalue weighted by molar-refractivity contribution is -0.138. The number of carbonyl (C=O) groups is 1. The zero-order valence-electron chi connectivity index (χ0n) is 23.8. The van der Waals surface area contributed by atoms with Crippen molar-refractivity contribution in [3.63, 3.8) is 0 Å². The summed E-state index contributed by atoms with van der Waals surface area (Å²) in [5, 5.41) is 7.12. The number of rotatable bonds is 8. The zero-order valence-corrected chi connectivity index (χ0v) is 24.5. The Bertz CT molecular complexity index is 2010. The van der Waals surface area contributed by atoms with Gasteiger partial charge in [-0.25, -0.2) is 4.79 Å². The van der Waals surface area contributed by atoms with Gasteiger partial charge >= 0.3 is 5.97 Å². The minimum absolute atomic E-state index is 0.281. The van der Waals surface area contributed by atoms with E-state index in [1.807, 2.05) is 91.9 Å². The van der Waals surface area contributed by atoms with Crippen molar-refractivity contribution in [2.45, 2.75) is 20.3 Å². The van der Waals surface area contributed by atoms with Gasteiger partial charge in [-0.15, -0.1) is 5.10 Å². The summed E-state index contributed by atoms with van der Waals surface area (Å²) in [7, 11) is 0. The van der Waals surface area contributed by atoms with Crippen molar-refractivity contribution in [2.75, 3.05) is 6.61 Å². The smallest absolute Gasteiger partial charge is 0.336 e. The number of halogens is 1. The van der Waals surface area contributed by atoms with Gasteiger partial charge in [0.05, 0.1) is 18.4 Å². The second kappa shape index (κ2) is 12.4. The van der Waals surface area contributed by atoms with Crippen LogP contribution in [0.5, 0.6) is 0 Å². The number of hydrogen-bond acceptors (Lipinski definition) is 6. The van der Waals surface area contributed by atoms with Gasteiger partial charge in [0.15, 0.2) is 0 Å². The monoisotopic (exact) mass is 588 g/mol. The van der Waals surface area contributed by atoms with E-state index in [0.29, 0.717) is 39.4 Å². The van der Waals surface area contributed by atoms with Crippen molar-refractivity contribution < 1.29 is 18.4 Å². The van der Waals surface area contributed by atoms with Crippen LogP contribution < -0.4 is 11.0 Å². The van der Waals surface area contributed by atoms with Crippen molar-refractivity contribution in [2.24, 2.45) is 5.10 Å². The summed E-state index contributed by atoms with van der Waals surface area (Å²) in [4.78, 5) is 12.9. The number of benzene rings is 4. The maximum Gasteiger partial charge on any atom is 0.336 e. The molecule has 6 aromatic rings. The summed E-state index contributed by atoms with van der Waals surface area (Å²) in [6, 6.07) is 33.4. The fraction of sp³-hybridized carbons (Fsp3) is 0.111. The molecule has 0 unspecified atom stereocenters. The van der Waals surface area contributed by atoms with Crippen LogP contribution in [0.25, 0.3) is 44.2 Å². The van der Waals surface area contributed by atoms with E-state index in [0.717, 1.165) is 38.6 Å². The van der Waals surface area contributed by atoms with Crippen molar-refractivity contribution >= 4 is 39.5 Å². The molecule has 0 aliphatic carbocycles. The van der Waals surface area contributed by atoms with Crippen LogP contribution in [0.1, 0.15) is 19.4 Å². The summed E-state index contributed by atoms with van der Waals surface area (Å²) >= 11 is 6.13. The Morgan fingerprint density at radius 3 is 2.23 bits per heavy atom. The third-order valence-electron chi connectivity index (χ3n) is 7.22. The van der Waals surface area contributed by atoms with Crippen LogP contribution in [0.2, 0.25) is 5.02 Å². The minimum atomic E-state index is -0.385. The maximum absolute atomic E-state index is 12.9. The van der Waals surface area contributed by atoms with Crippen molar-refractivity contribution in [1.82, 2.24) is 5.43 Å².